The number of Topliss-reactive ketones (excluding diaryl/α,β-unsaturated/α-hetero) is 1. The summed E-state index contributed by atoms with van der Waals surface area (Å²) in [5, 5.41) is 9.23. The van der Waals surface area contributed by atoms with Crippen LogP contribution < -0.4 is 0 Å². The van der Waals surface area contributed by atoms with Crippen molar-refractivity contribution in [1.29, 1.82) is 5.26 Å². The Balaban J connectivity index is 2.30. The molecule has 0 aromatic rings. The first-order chi connectivity index (χ1) is 9.35. The highest BCUT2D eigenvalue weighted by Crippen LogP contribution is 2.51. The summed E-state index contributed by atoms with van der Waals surface area (Å²) in [5.74, 6) is 0.311. The van der Waals surface area contributed by atoms with Crippen LogP contribution in [0.4, 0.5) is 0 Å². The molecule has 110 valence electrons. The molecule has 0 N–H and O–H groups in total. The summed E-state index contributed by atoms with van der Waals surface area (Å²) < 4.78 is 5.15. The topological polar surface area (TPSA) is 53.3 Å². The molecule has 0 unspecified atom stereocenters. The predicted octanol–water partition coefficient (Wildman–Crippen LogP) is 2.02. The molecule has 0 aromatic heterocycles. The average molecular weight is 276 g/mol. The van der Waals surface area contributed by atoms with Gasteiger partial charge in [-0.25, -0.2) is 0 Å². The monoisotopic (exact) mass is 276 g/mol. The molecule has 0 spiro atoms. The Morgan fingerprint density at radius 2 is 2.20 bits per heavy atom. The van der Waals surface area contributed by atoms with Gasteiger partial charge in [0.1, 0.15) is 6.07 Å². The van der Waals surface area contributed by atoms with Crippen molar-refractivity contribution >= 4 is 5.78 Å². The van der Waals surface area contributed by atoms with Crippen LogP contribution in [0.2, 0.25) is 0 Å². The van der Waals surface area contributed by atoms with Crippen molar-refractivity contribution < 1.29 is 9.53 Å². The lowest BCUT2D eigenvalue weighted by Crippen LogP contribution is -2.56. The highest BCUT2D eigenvalue weighted by atomic mass is 16.5. The Labute approximate surface area is 121 Å². The molecule has 1 heterocycles. The zero-order chi connectivity index (χ0) is 15.0. The van der Waals surface area contributed by atoms with Crippen LogP contribution in [0, 0.1) is 28.1 Å². The molecule has 2 atom stereocenters. The second-order valence-electron chi connectivity index (χ2n) is 6.84. The number of carbonyl (C=O) groups excluding carboxylic acids is 1. The molecule has 1 saturated heterocycles. The van der Waals surface area contributed by atoms with Crippen LogP contribution in [0.5, 0.6) is 0 Å². The number of likely N-dealkylation sites (tertiary alicyclic amines) is 1. The van der Waals surface area contributed by atoms with E-state index in [4.69, 9.17) is 4.74 Å². The van der Waals surface area contributed by atoms with Crippen LogP contribution in [0.25, 0.3) is 0 Å². The highest BCUT2D eigenvalue weighted by molar-refractivity contribution is 6.04. The first kappa shape index (κ1) is 15.2. The van der Waals surface area contributed by atoms with E-state index in [0.29, 0.717) is 11.5 Å². The molecule has 4 heteroatoms. The fraction of sp³-hybridized carbons (Fsp3) is 0.750. The Morgan fingerprint density at radius 1 is 1.50 bits per heavy atom. The second kappa shape index (κ2) is 5.31. The highest BCUT2D eigenvalue weighted by Gasteiger charge is 2.53. The van der Waals surface area contributed by atoms with Gasteiger partial charge in [0.25, 0.3) is 0 Å². The lowest BCUT2D eigenvalue weighted by atomic mass is 9.55. The molecule has 1 aliphatic heterocycles. The fourth-order valence-corrected chi connectivity index (χ4v) is 4.04. The summed E-state index contributed by atoms with van der Waals surface area (Å²) in [4.78, 5) is 14.8. The van der Waals surface area contributed by atoms with Gasteiger partial charge in [-0.15, -0.1) is 0 Å². The number of nitriles is 1. The van der Waals surface area contributed by atoms with Crippen molar-refractivity contribution in [3.63, 3.8) is 0 Å². The lowest BCUT2D eigenvalue weighted by Gasteiger charge is -2.53. The van der Waals surface area contributed by atoms with Gasteiger partial charge in [0, 0.05) is 31.0 Å². The molecule has 1 aliphatic carbocycles. The van der Waals surface area contributed by atoms with Crippen molar-refractivity contribution in [2.75, 3.05) is 33.4 Å². The van der Waals surface area contributed by atoms with E-state index >= 15 is 0 Å². The van der Waals surface area contributed by atoms with Crippen LogP contribution in [0.1, 0.15) is 27.2 Å². The molecule has 0 bridgehead atoms. The van der Waals surface area contributed by atoms with E-state index in [0.717, 1.165) is 32.7 Å². The van der Waals surface area contributed by atoms with E-state index in [9.17, 15) is 10.1 Å². The smallest absolute Gasteiger partial charge is 0.178 e. The number of allylic oxidation sites excluding steroid dienone is 1. The van der Waals surface area contributed by atoms with Gasteiger partial charge in [-0.2, -0.15) is 5.26 Å². The first-order valence-corrected chi connectivity index (χ1v) is 7.24. The van der Waals surface area contributed by atoms with Gasteiger partial charge < -0.3 is 9.64 Å². The molecular weight excluding hydrogens is 252 g/mol. The first-order valence-electron chi connectivity index (χ1n) is 7.24. The van der Waals surface area contributed by atoms with Gasteiger partial charge in [0.15, 0.2) is 5.78 Å². The van der Waals surface area contributed by atoms with Gasteiger partial charge >= 0.3 is 0 Å². The number of hydrogen-bond donors (Lipinski definition) is 0. The third-order valence-corrected chi connectivity index (χ3v) is 5.00. The minimum Gasteiger partial charge on any atom is -0.383 e. The number of carbonyl (C=O) groups is 1. The number of ether oxygens (including phenoxy) is 1. The Kier molecular flexibility index (Phi) is 4.04. The fourth-order valence-electron chi connectivity index (χ4n) is 4.04. The predicted molar refractivity (Wildman–Crippen MR) is 77.0 cm³/mol. The maximum Gasteiger partial charge on any atom is 0.178 e. The number of nitrogens with zero attached hydrogens (tertiary/aromatic N) is 2. The summed E-state index contributed by atoms with van der Waals surface area (Å²) >= 11 is 0. The third-order valence-electron chi connectivity index (χ3n) is 5.00. The Hall–Kier alpha value is -1.18. The van der Waals surface area contributed by atoms with Gasteiger partial charge in [0.2, 0.25) is 0 Å². The number of fused-ring (bicyclic) bond motifs is 1. The lowest BCUT2D eigenvalue weighted by molar-refractivity contribution is -0.132. The summed E-state index contributed by atoms with van der Waals surface area (Å²) in [5.41, 5.74) is -0.210. The van der Waals surface area contributed by atoms with Gasteiger partial charge in [0.05, 0.1) is 12.2 Å². The van der Waals surface area contributed by atoms with E-state index in [1.807, 2.05) is 19.9 Å². The van der Waals surface area contributed by atoms with E-state index in [1.54, 1.807) is 7.11 Å². The largest absolute Gasteiger partial charge is 0.383 e. The number of piperidine rings is 1. The molecular formula is C16H24N2O2. The Bertz CT molecular complexity index is 475. The van der Waals surface area contributed by atoms with Crippen molar-refractivity contribution in [2.24, 2.45) is 16.7 Å². The van der Waals surface area contributed by atoms with E-state index in [1.165, 1.54) is 0 Å². The molecule has 20 heavy (non-hydrogen) atoms. The van der Waals surface area contributed by atoms with Crippen LogP contribution in [0.3, 0.4) is 0 Å². The van der Waals surface area contributed by atoms with Crippen molar-refractivity contribution in [1.82, 2.24) is 4.90 Å². The third kappa shape index (κ3) is 2.41. The molecule has 0 radical (unpaired) electrons. The van der Waals surface area contributed by atoms with E-state index in [2.05, 4.69) is 17.9 Å². The van der Waals surface area contributed by atoms with Crippen LogP contribution in [-0.4, -0.2) is 44.0 Å². The summed E-state index contributed by atoms with van der Waals surface area (Å²) in [6.07, 6.45) is 2.92. The molecule has 0 amide bonds. The zero-order valence-electron chi connectivity index (χ0n) is 12.9. The van der Waals surface area contributed by atoms with E-state index in [-0.39, 0.29) is 11.2 Å². The SMILES string of the molecule is COCCN1CC[C@@H]2C(C)(C)C(=O)C(C#N)=C[C@@]2(C)C1. The molecule has 2 rings (SSSR count). The van der Waals surface area contributed by atoms with Crippen molar-refractivity contribution in [2.45, 2.75) is 27.2 Å². The summed E-state index contributed by atoms with van der Waals surface area (Å²) in [6, 6.07) is 2.09. The van der Waals surface area contributed by atoms with Crippen LogP contribution in [-0.2, 0) is 9.53 Å². The minimum absolute atomic E-state index is 0.00724. The average Bonchev–Trinajstić information content (AvgIpc) is 2.40. The summed E-state index contributed by atoms with van der Waals surface area (Å²) in [7, 11) is 1.71. The number of methoxy groups -OCH3 is 1. The van der Waals surface area contributed by atoms with Crippen molar-refractivity contribution in [3.8, 4) is 6.07 Å². The van der Waals surface area contributed by atoms with Crippen LogP contribution >= 0.6 is 0 Å². The molecule has 2 aliphatic rings. The number of rotatable bonds is 3. The normalized spacial score (nSPS) is 33.2. The molecule has 0 saturated carbocycles. The molecule has 4 nitrogen and oxygen atoms in total. The second-order valence-corrected chi connectivity index (χ2v) is 6.84. The zero-order valence-corrected chi connectivity index (χ0v) is 12.9. The van der Waals surface area contributed by atoms with Gasteiger partial charge in [-0.1, -0.05) is 26.8 Å². The Morgan fingerprint density at radius 3 is 2.80 bits per heavy atom. The van der Waals surface area contributed by atoms with Crippen molar-refractivity contribution in [3.05, 3.63) is 11.6 Å². The summed E-state index contributed by atoms with van der Waals surface area (Å²) in [6.45, 7) is 9.68. The van der Waals surface area contributed by atoms with Crippen LogP contribution in [0.15, 0.2) is 11.6 Å². The minimum atomic E-state index is -0.443. The van der Waals surface area contributed by atoms with E-state index < -0.39 is 5.41 Å². The van der Waals surface area contributed by atoms with Gasteiger partial charge in [-0.3, -0.25) is 4.79 Å². The number of hydrogen-bond acceptors (Lipinski definition) is 4. The maximum atomic E-state index is 12.4. The molecule has 1 fully saturated rings. The maximum absolute atomic E-state index is 12.4. The molecule has 0 aromatic carbocycles. The van der Waals surface area contributed by atoms with Gasteiger partial charge in [-0.05, 0) is 18.9 Å². The number of ketones is 1. The quantitative estimate of drug-likeness (QED) is 0.791. The standard InChI is InChI=1S/C16H24N2O2/c1-15(2)13-5-6-18(7-8-20-4)11-16(13,3)9-12(10-17)14(15)19/h9,13H,5-8,11H2,1-4H3/t13-,16+/m1/s1.